The van der Waals surface area contributed by atoms with Crippen molar-refractivity contribution in [2.24, 2.45) is 0 Å². The topological polar surface area (TPSA) is 38.3 Å². The molecule has 1 saturated heterocycles. The fourth-order valence-corrected chi connectivity index (χ4v) is 7.38. The van der Waals surface area contributed by atoms with Crippen LogP contribution < -0.4 is 10.5 Å². The molecule has 1 heterocycles. The molecule has 2 atom stereocenters. The quantitative estimate of drug-likeness (QED) is 0.839. The van der Waals surface area contributed by atoms with Crippen LogP contribution in [0, 0.1) is 0 Å². The predicted octanol–water partition coefficient (Wildman–Crippen LogP) is 3.84. The van der Waals surface area contributed by atoms with Gasteiger partial charge in [-0.25, -0.2) is 0 Å². The number of hydrogen-bond donors (Lipinski definition) is 1. The normalized spacial score (nSPS) is 23.0. The molecule has 1 aromatic rings. The summed E-state index contributed by atoms with van der Waals surface area (Å²) < 4.78 is 6.60. The zero-order valence-electron chi connectivity index (χ0n) is 15.6. The smallest absolute Gasteiger partial charge is 0.222 e. The van der Waals surface area contributed by atoms with Crippen LogP contribution in [-0.4, -0.2) is 28.5 Å². The molecule has 2 rings (SSSR count). The van der Waals surface area contributed by atoms with Crippen LogP contribution in [0.4, 0.5) is 0 Å². The first-order valence-corrected chi connectivity index (χ1v) is 14.5. The molecular weight excluding hydrogens is 318 g/mol. The fourth-order valence-electron chi connectivity index (χ4n) is 2.95. The van der Waals surface area contributed by atoms with Crippen molar-refractivity contribution in [1.82, 2.24) is 5.32 Å². The molecule has 3 nitrogen and oxygen atoms in total. The summed E-state index contributed by atoms with van der Waals surface area (Å²) in [5.74, 6) is 0.134. The van der Waals surface area contributed by atoms with E-state index in [1.165, 1.54) is 5.19 Å². The Morgan fingerprint density at radius 1 is 1.09 bits per heavy atom. The van der Waals surface area contributed by atoms with E-state index in [1.54, 1.807) is 0 Å². The summed E-state index contributed by atoms with van der Waals surface area (Å²) in [6.07, 6.45) is 0.457. The van der Waals surface area contributed by atoms with Crippen molar-refractivity contribution >= 4 is 27.5 Å². The first-order chi connectivity index (χ1) is 10.4. The molecular formula is C18H31NO2Si2. The summed E-state index contributed by atoms with van der Waals surface area (Å²) in [6.45, 7) is 15.9. The Kier molecular flexibility index (Phi) is 4.95. The number of carbonyl (C=O) groups excluding carboxylic acids is 1. The maximum absolute atomic E-state index is 12.1. The Balaban J connectivity index is 2.28. The minimum atomic E-state index is -1.91. The second-order valence-corrected chi connectivity index (χ2v) is 18.3. The van der Waals surface area contributed by atoms with Crippen LogP contribution >= 0.6 is 0 Å². The first-order valence-electron chi connectivity index (χ1n) is 8.48. The largest absolute Gasteiger partial charge is 0.397 e. The van der Waals surface area contributed by atoms with Crippen LogP contribution in [-0.2, 0) is 9.22 Å². The minimum Gasteiger partial charge on any atom is -0.397 e. The van der Waals surface area contributed by atoms with Crippen LogP contribution in [0.15, 0.2) is 30.3 Å². The zero-order chi connectivity index (χ0) is 17.5. The molecule has 1 aliphatic heterocycles. The molecule has 1 N–H and O–H groups in total. The summed E-state index contributed by atoms with van der Waals surface area (Å²) in [5.41, 5.74) is 0.284. The Morgan fingerprint density at radius 3 is 2.17 bits per heavy atom. The summed E-state index contributed by atoms with van der Waals surface area (Å²) in [7, 11) is -3.71. The van der Waals surface area contributed by atoms with E-state index in [9.17, 15) is 4.79 Å². The lowest BCUT2D eigenvalue weighted by Crippen LogP contribution is -2.54. The van der Waals surface area contributed by atoms with E-state index in [-0.39, 0.29) is 22.7 Å². The van der Waals surface area contributed by atoms with Gasteiger partial charge in [0.2, 0.25) is 5.91 Å². The van der Waals surface area contributed by atoms with Gasteiger partial charge in [0.25, 0.3) is 0 Å². The Labute approximate surface area is 143 Å². The average molecular weight is 350 g/mol. The van der Waals surface area contributed by atoms with Gasteiger partial charge in [-0.15, -0.1) is 0 Å². The predicted molar refractivity (Wildman–Crippen MR) is 102 cm³/mol. The van der Waals surface area contributed by atoms with Crippen LogP contribution in [0.25, 0.3) is 0 Å². The van der Waals surface area contributed by atoms with Gasteiger partial charge in [0.1, 0.15) is 6.23 Å². The molecule has 5 heteroatoms. The van der Waals surface area contributed by atoms with Crippen LogP contribution in [0.2, 0.25) is 36.8 Å². The lowest BCUT2D eigenvalue weighted by molar-refractivity contribution is -0.120. The molecule has 0 unspecified atom stereocenters. The van der Waals surface area contributed by atoms with Crippen LogP contribution in [0.3, 0.4) is 0 Å². The maximum atomic E-state index is 12.1. The molecule has 23 heavy (non-hydrogen) atoms. The number of nitrogens with one attached hydrogen (secondary N) is 1. The fraction of sp³-hybridized carbons (Fsp3) is 0.611. The van der Waals surface area contributed by atoms with Gasteiger partial charge in [-0.2, -0.15) is 0 Å². The van der Waals surface area contributed by atoms with Crippen LogP contribution in [0.5, 0.6) is 0 Å². The van der Waals surface area contributed by atoms with Gasteiger partial charge >= 0.3 is 0 Å². The monoisotopic (exact) mass is 349 g/mol. The van der Waals surface area contributed by atoms with E-state index in [4.69, 9.17) is 4.43 Å². The van der Waals surface area contributed by atoms with Gasteiger partial charge in [-0.05, 0) is 18.1 Å². The van der Waals surface area contributed by atoms with Gasteiger partial charge in [0.15, 0.2) is 8.32 Å². The summed E-state index contributed by atoms with van der Waals surface area (Å²) in [6, 6.07) is 10.7. The number of hydrogen-bond acceptors (Lipinski definition) is 2. The minimum absolute atomic E-state index is 0.134. The van der Waals surface area contributed by atoms with Crippen molar-refractivity contribution in [2.45, 2.75) is 70.2 Å². The highest BCUT2D eigenvalue weighted by molar-refractivity contribution is 6.91. The number of benzene rings is 1. The molecule has 0 aliphatic carbocycles. The van der Waals surface area contributed by atoms with Gasteiger partial charge in [0.05, 0.1) is 8.07 Å². The highest BCUT2D eigenvalue weighted by atomic mass is 28.4. The van der Waals surface area contributed by atoms with Crippen molar-refractivity contribution in [2.75, 3.05) is 0 Å². The Morgan fingerprint density at radius 2 is 1.65 bits per heavy atom. The molecule has 0 spiro atoms. The lowest BCUT2D eigenvalue weighted by atomic mass is 10.2. The van der Waals surface area contributed by atoms with Gasteiger partial charge in [0, 0.05) is 12.0 Å². The zero-order valence-corrected chi connectivity index (χ0v) is 17.6. The number of carbonyl (C=O) groups is 1. The molecule has 1 fully saturated rings. The highest BCUT2D eigenvalue weighted by Crippen LogP contribution is 2.41. The highest BCUT2D eigenvalue weighted by Gasteiger charge is 2.49. The third kappa shape index (κ3) is 3.78. The summed E-state index contributed by atoms with van der Waals surface area (Å²) in [5, 5.41) is 4.65. The summed E-state index contributed by atoms with van der Waals surface area (Å²) >= 11 is 0. The third-order valence-electron chi connectivity index (χ3n) is 5.75. The molecule has 128 valence electrons. The van der Waals surface area contributed by atoms with Gasteiger partial charge in [-0.1, -0.05) is 69.4 Å². The van der Waals surface area contributed by atoms with E-state index in [2.05, 4.69) is 82.6 Å². The third-order valence-corrected chi connectivity index (χ3v) is 14.4. The average Bonchev–Trinajstić information content (AvgIpc) is 2.79. The lowest BCUT2D eigenvalue weighted by Gasteiger charge is -2.42. The molecule has 0 radical (unpaired) electrons. The first kappa shape index (κ1) is 18.4. The van der Waals surface area contributed by atoms with E-state index in [0.29, 0.717) is 6.42 Å². The summed E-state index contributed by atoms with van der Waals surface area (Å²) in [4.78, 5) is 12.1. The molecule has 0 bridgehead atoms. The van der Waals surface area contributed by atoms with E-state index < -0.39 is 16.4 Å². The molecule has 1 aromatic carbocycles. The maximum Gasteiger partial charge on any atom is 0.222 e. The number of amides is 1. The van der Waals surface area contributed by atoms with Gasteiger partial charge in [-0.3, -0.25) is 4.79 Å². The SMILES string of the molecule is CC(C)(C)[Si](C)(C)O[C@H]1NC(=O)C[C@@H]1[Si](C)(C)c1ccccc1. The van der Waals surface area contributed by atoms with Crippen molar-refractivity contribution < 1.29 is 9.22 Å². The standard InChI is InChI=1S/C18H31NO2Si2/c1-18(2,3)23(6,7)21-17-15(13-16(20)19-17)22(4,5)14-11-9-8-10-12-14/h8-12,15,17H,13H2,1-7H3,(H,19,20)/t15-,17+/m0/s1. The Bertz CT molecular complexity index is 564. The Hall–Kier alpha value is -0.916. The van der Waals surface area contributed by atoms with Gasteiger partial charge < -0.3 is 9.74 Å². The van der Waals surface area contributed by atoms with E-state index in [0.717, 1.165) is 0 Å². The second kappa shape index (κ2) is 6.18. The molecule has 1 aliphatic rings. The second-order valence-electron chi connectivity index (χ2n) is 8.76. The number of rotatable bonds is 4. The van der Waals surface area contributed by atoms with Crippen molar-refractivity contribution in [3.05, 3.63) is 30.3 Å². The molecule has 0 saturated carbocycles. The van der Waals surface area contributed by atoms with E-state index >= 15 is 0 Å². The molecule has 0 aromatic heterocycles. The van der Waals surface area contributed by atoms with Crippen molar-refractivity contribution in [1.29, 1.82) is 0 Å². The van der Waals surface area contributed by atoms with Crippen molar-refractivity contribution in [3.8, 4) is 0 Å². The van der Waals surface area contributed by atoms with Crippen molar-refractivity contribution in [3.63, 3.8) is 0 Å². The van der Waals surface area contributed by atoms with E-state index in [1.807, 2.05) is 0 Å². The van der Waals surface area contributed by atoms with Crippen LogP contribution in [0.1, 0.15) is 27.2 Å². The molecule has 1 amide bonds.